The number of hydrogen-bond donors (Lipinski definition) is 3. The van der Waals surface area contributed by atoms with E-state index in [-0.39, 0.29) is 12.5 Å². The summed E-state index contributed by atoms with van der Waals surface area (Å²) in [5, 5.41) is 21.1. The van der Waals surface area contributed by atoms with Crippen LogP contribution in [-0.2, 0) is 11.4 Å². The summed E-state index contributed by atoms with van der Waals surface area (Å²) in [6, 6.07) is 7.51. The third-order valence-corrected chi connectivity index (χ3v) is 4.65. The molecule has 1 amide bonds. The predicted molar refractivity (Wildman–Crippen MR) is 103 cm³/mol. The normalized spacial score (nSPS) is 10.9. The number of carboxylic acid groups (broad SMARTS) is 1. The van der Waals surface area contributed by atoms with Gasteiger partial charge in [-0.2, -0.15) is 13.2 Å². The number of carbonyl (C=O) groups excluding carboxylic acids is 1. The fourth-order valence-electron chi connectivity index (χ4n) is 2.15. The molecular weight excluding hydrogens is 425 g/mol. The molecule has 0 fully saturated rings. The molecule has 0 aliphatic rings. The van der Waals surface area contributed by atoms with Gasteiger partial charge in [-0.3, -0.25) is 4.79 Å². The number of nitrogens with one attached hydrogen (secondary N) is 1. The molecule has 30 heavy (non-hydrogen) atoms. The lowest BCUT2D eigenvalue weighted by Gasteiger charge is -2.08. The van der Waals surface area contributed by atoms with Gasteiger partial charge in [-0.05, 0) is 38.1 Å². The molecule has 160 valence electrons. The molecule has 2 heterocycles. The van der Waals surface area contributed by atoms with Gasteiger partial charge >= 0.3 is 12.1 Å². The molecule has 2 aromatic heterocycles. The maximum Gasteiger partial charge on any atom is 0.490 e. The topological polar surface area (TPSA) is 117 Å². The number of aryl methyl sites for hydroxylation is 1. The number of aliphatic carboxylic acids is 1. The van der Waals surface area contributed by atoms with Crippen LogP contribution < -0.4 is 5.32 Å². The Morgan fingerprint density at radius 3 is 2.23 bits per heavy atom. The number of alkyl halides is 3. The summed E-state index contributed by atoms with van der Waals surface area (Å²) in [7, 11) is 0. The van der Waals surface area contributed by atoms with Crippen molar-refractivity contribution in [3.63, 3.8) is 0 Å². The molecule has 8 nitrogen and oxygen atoms in total. The molecule has 0 radical (unpaired) electrons. The Labute approximate surface area is 172 Å². The highest BCUT2D eigenvalue weighted by Crippen LogP contribution is 2.18. The summed E-state index contributed by atoms with van der Waals surface area (Å²) in [6.07, 6.45) is -3.30. The molecule has 0 saturated carbocycles. The number of carboxylic acids is 1. The predicted octanol–water partition coefficient (Wildman–Crippen LogP) is 3.32. The lowest BCUT2D eigenvalue weighted by atomic mass is 10.2. The van der Waals surface area contributed by atoms with Crippen molar-refractivity contribution in [2.75, 3.05) is 5.32 Å². The van der Waals surface area contributed by atoms with Crippen LogP contribution in [0.2, 0.25) is 0 Å². The lowest BCUT2D eigenvalue weighted by Crippen LogP contribution is -2.21. The number of anilines is 1. The number of carbonyl (C=O) groups is 2. The first kappa shape index (κ1) is 23.0. The number of halogens is 3. The van der Waals surface area contributed by atoms with Crippen LogP contribution >= 0.6 is 11.3 Å². The number of rotatable bonds is 4. The molecule has 0 saturated heterocycles. The smallest absolute Gasteiger partial charge is 0.475 e. The Hall–Kier alpha value is -3.25. The van der Waals surface area contributed by atoms with E-state index >= 15 is 0 Å². The number of aromatic nitrogens is 3. The Kier molecular flexibility index (Phi) is 7.29. The van der Waals surface area contributed by atoms with Crippen LogP contribution in [0, 0.1) is 13.8 Å². The molecule has 3 rings (SSSR count). The number of nitrogens with zero attached hydrogens (tertiary/aromatic N) is 3. The van der Waals surface area contributed by atoms with E-state index in [0.717, 1.165) is 17.1 Å². The van der Waals surface area contributed by atoms with Crippen molar-refractivity contribution in [3.8, 4) is 5.69 Å². The number of amides is 1. The molecule has 3 N–H and O–H groups in total. The lowest BCUT2D eigenvalue weighted by molar-refractivity contribution is -0.192. The van der Waals surface area contributed by atoms with Crippen LogP contribution in [0.5, 0.6) is 0 Å². The molecule has 0 atom stereocenters. The van der Waals surface area contributed by atoms with E-state index in [1.165, 1.54) is 11.3 Å². The number of aliphatic hydroxyl groups excluding tert-OH is 1. The molecule has 0 aliphatic heterocycles. The zero-order chi connectivity index (χ0) is 22.5. The number of hydrogen-bond acceptors (Lipinski definition) is 6. The average molecular weight is 442 g/mol. The number of benzene rings is 1. The van der Waals surface area contributed by atoms with Crippen molar-refractivity contribution in [3.05, 3.63) is 58.1 Å². The minimum absolute atomic E-state index is 0.156. The quantitative estimate of drug-likeness (QED) is 0.571. The maximum atomic E-state index is 12.1. The Bertz CT molecular complexity index is 1030. The number of thiazole rings is 1. The fraction of sp³-hybridized carbons (Fsp3) is 0.222. The molecule has 1 aromatic carbocycles. The summed E-state index contributed by atoms with van der Waals surface area (Å²) in [5.41, 5.74) is 4.06. The second kappa shape index (κ2) is 9.50. The van der Waals surface area contributed by atoms with Gasteiger partial charge in [0.15, 0.2) is 0 Å². The van der Waals surface area contributed by atoms with Gasteiger partial charge in [-0.1, -0.05) is 0 Å². The molecule has 0 bridgehead atoms. The number of imidazole rings is 1. The minimum Gasteiger partial charge on any atom is -0.475 e. The number of aliphatic hydroxyl groups is 1. The Morgan fingerprint density at radius 2 is 1.80 bits per heavy atom. The van der Waals surface area contributed by atoms with Crippen molar-refractivity contribution in [1.29, 1.82) is 0 Å². The van der Waals surface area contributed by atoms with Gasteiger partial charge < -0.3 is 20.1 Å². The highest BCUT2D eigenvalue weighted by Gasteiger charge is 2.38. The minimum atomic E-state index is -5.08. The van der Waals surface area contributed by atoms with Crippen LogP contribution in [0.25, 0.3) is 5.69 Å². The SMILES string of the molecule is Cc1ncn(-c2ccc(NC(=O)c3csc(CO)n3)cc2)c1C.O=C(O)C(F)(F)F. The van der Waals surface area contributed by atoms with Crippen LogP contribution in [0.15, 0.2) is 36.0 Å². The zero-order valence-electron chi connectivity index (χ0n) is 15.8. The summed E-state index contributed by atoms with van der Waals surface area (Å²) in [4.78, 5) is 29.3. The second-order valence-corrected chi connectivity index (χ2v) is 6.82. The third kappa shape index (κ3) is 5.87. The molecular formula is C18H17F3N4O4S. The van der Waals surface area contributed by atoms with E-state index in [9.17, 15) is 18.0 Å². The molecule has 0 aliphatic carbocycles. The molecule has 0 spiro atoms. The van der Waals surface area contributed by atoms with Crippen molar-refractivity contribution in [2.45, 2.75) is 26.6 Å². The molecule has 3 aromatic rings. The summed E-state index contributed by atoms with van der Waals surface area (Å²) in [6.45, 7) is 3.82. The van der Waals surface area contributed by atoms with Crippen LogP contribution in [0.3, 0.4) is 0 Å². The van der Waals surface area contributed by atoms with Gasteiger partial charge in [0, 0.05) is 22.4 Å². The van der Waals surface area contributed by atoms with Gasteiger partial charge in [0.05, 0.1) is 18.6 Å². The monoisotopic (exact) mass is 442 g/mol. The van der Waals surface area contributed by atoms with E-state index in [1.54, 1.807) is 11.7 Å². The Balaban J connectivity index is 0.000000396. The maximum absolute atomic E-state index is 12.1. The summed E-state index contributed by atoms with van der Waals surface area (Å²) >= 11 is 1.26. The summed E-state index contributed by atoms with van der Waals surface area (Å²) in [5.74, 6) is -3.05. The van der Waals surface area contributed by atoms with Gasteiger partial charge in [-0.15, -0.1) is 11.3 Å². The first-order chi connectivity index (χ1) is 14.0. The van der Waals surface area contributed by atoms with Crippen LogP contribution in [0.1, 0.15) is 26.9 Å². The van der Waals surface area contributed by atoms with E-state index < -0.39 is 12.1 Å². The Morgan fingerprint density at radius 1 is 1.20 bits per heavy atom. The van der Waals surface area contributed by atoms with Crippen LogP contribution in [-0.4, -0.2) is 42.8 Å². The van der Waals surface area contributed by atoms with Crippen molar-refractivity contribution in [2.24, 2.45) is 0 Å². The zero-order valence-corrected chi connectivity index (χ0v) is 16.6. The van der Waals surface area contributed by atoms with E-state index in [2.05, 4.69) is 15.3 Å². The second-order valence-electron chi connectivity index (χ2n) is 5.87. The molecule has 12 heteroatoms. The van der Waals surface area contributed by atoms with Gasteiger partial charge in [0.1, 0.15) is 10.7 Å². The fourth-order valence-corrected chi connectivity index (χ4v) is 2.78. The van der Waals surface area contributed by atoms with Crippen molar-refractivity contribution >= 4 is 28.9 Å². The van der Waals surface area contributed by atoms with Crippen LogP contribution in [0.4, 0.5) is 18.9 Å². The largest absolute Gasteiger partial charge is 0.490 e. The first-order valence-corrected chi connectivity index (χ1v) is 9.18. The van der Waals surface area contributed by atoms with E-state index in [4.69, 9.17) is 15.0 Å². The third-order valence-electron chi connectivity index (χ3n) is 3.82. The highest BCUT2D eigenvalue weighted by molar-refractivity contribution is 7.09. The highest BCUT2D eigenvalue weighted by atomic mass is 32.1. The van der Waals surface area contributed by atoms with E-state index in [1.807, 2.05) is 42.7 Å². The van der Waals surface area contributed by atoms with E-state index in [0.29, 0.717) is 16.4 Å². The van der Waals surface area contributed by atoms with Gasteiger partial charge in [-0.25, -0.2) is 14.8 Å². The van der Waals surface area contributed by atoms with Gasteiger partial charge in [0.25, 0.3) is 5.91 Å². The average Bonchev–Trinajstić information content (AvgIpc) is 3.30. The van der Waals surface area contributed by atoms with Gasteiger partial charge in [0.2, 0.25) is 0 Å². The first-order valence-electron chi connectivity index (χ1n) is 8.30. The molecule has 0 unspecified atom stereocenters. The summed E-state index contributed by atoms with van der Waals surface area (Å²) < 4.78 is 33.7. The van der Waals surface area contributed by atoms with Crippen molar-refractivity contribution < 1.29 is 33.0 Å². The van der Waals surface area contributed by atoms with Crippen molar-refractivity contribution in [1.82, 2.24) is 14.5 Å². The standard InChI is InChI=1S/C16H16N4O2S.C2HF3O2/c1-10-11(2)20(9-17-10)13-5-3-12(4-6-13)18-16(22)14-8-23-15(7-21)19-14;3-2(4,5)1(6)7/h3-6,8-9,21H,7H2,1-2H3,(H,18,22);(H,6,7).